The summed E-state index contributed by atoms with van der Waals surface area (Å²) in [6.45, 7) is 4.21. The Hall–Kier alpha value is -0.910. The summed E-state index contributed by atoms with van der Waals surface area (Å²) in [6, 6.07) is 7.35. The van der Waals surface area contributed by atoms with Crippen LogP contribution in [0.25, 0.3) is 0 Å². The first kappa shape index (κ1) is 17.1. The number of aryl methyl sites for hydroxylation is 1. The summed E-state index contributed by atoms with van der Waals surface area (Å²) in [5.74, 6) is 0.114. The number of hydrogen-bond donors (Lipinski definition) is 1. The van der Waals surface area contributed by atoms with Gasteiger partial charge in [0.2, 0.25) is 0 Å². The molecule has 5 heteroatoms. The molecule has 4 nitrogen and oxygen atoms in total. The molecule has 0 fully saturated rings. The van der Waals surface area contributed by atoms with Crippen molar-refractivity contribution in [1.82, 2.24) is 0 Å². The molecule has 0 aromatic heterocycles. The summed E-state index contributed by atoms with van der Waals surface area (Å²) in [6.07, 6.45) is 1.46. The third-order valence-corrected chi connectivity index (χ3v) is 5.91. The largest absolute Gasteiger partial charge is 0.385 e. The molecule has 0 spiro atoms. The SMILES string of the molecule is CCc1ccc(C(N)C(C)S(=O)(=O)CCCOC)cc1. The second kappa shape index (κ2) is 7.76. The Morgan fingerprint density at radius 1 is 1.25 bits per heavy atom. The van der Waals surface area contributed by atoms with Gasteiger partial charge in [0.1, 0.15) is 0 Å². The smallest absolute Gasteiger partial charge is 0.154 e. The Kier molecular flexibility index (Phi) is 6.65. The number of methoxy groups -OCH3 is 1. The summed E-state index contributed by atoms with van der Waals surface area (Å²) >= 11 is 0. The molecule has 1 rings (SSSR count). The molecule has 2 atom stereocenters. The van der Waals surface area contributed by atoms with Crippen LogP contribution in [0.2, 0.25) is 0 Å². The van der Waals surface area contributed by atoms with Gasteiger partial charge in [-0.05, 0) is 30.9 Å². The van der Waals surface area contributed by atoms with Gasteiger partial charge in [-0.1, -0.05) is 31.2 Å². The van der Waals surface area contributed by atoms with Crippen molar-refractivity contribution in [3.63, 3.8) is 0 Å². The van der Waals surface area contributed by atoms with E-state index in [-0.39, 0.29) is 5.75 Å². The maximum absolute atomic E-state index is 12.2. The summed E-state index contributed by atoms with van der Waals surface area (Å²) < 4.78 is 29.3. The number of hydrogen-bond acceptors (Lipinski definition) is 4. The molecule has 0 aliphatic rings. The lowest BCUT2D eigenvalue weighted by Crippen LogP contribution is -2.33. The average Bonchev–Trinajstić information content (AvgIpc) is 2.46. The van der Waals surface area contributed by atoms with Crippen LogP contribution in [0.1, 0.15) is 37.4 Å². The fraction of sp³-hybridized carbons (Fsp3) is 0.600. The van der Waals surface area contributed by atoms with Crippen LogP contribution in [0, 0.1) is 0 Å². The van der Waals surface area contributed by atoms with Gasteiger partial charge in [-0.15, -0.1) is 0 Å². The van der Waals surface area contributed by atoms with Crippen LogP contribution >= 0.6 is 0 Å². The van der Waals surface area contributed by atoms with Crippen LogP contribution in [-0.4, -0.2) is 33.1 Å². The average molecular weight is 299 g/mol. The third-order valence-electron chi connectivity index (χ3n) is 3.62. The van der Waals surface area contributed by atoms with E-state index < -0.39 is 21.1 Å². The minimum atomic E-state index is -3.20. The highest BCUT2D eigenvalue weighted by Gasteiger charge is 2.27. The standard InChI is InChI=1S/C15H25NO3S/c1-4-13-6-8-14(9-7-13)15(16)12(2)20(17,18)11-5-10-19-3/h6-9,12,15H,4-5,10-11,16H2,1-3H3. The molecule has 0 radical (unpaired) electrons. The first-order chi connectivity index (χ1) is 9.42. The first-order valence-corrected chi connectivity index (χ1v) is 8.68. The molecule has 0 amide bonds. The van der Waals surface area contributed by atoms with E-state index in [0.29, 0.717) is 13.0 Å². The minimum Gasteiger partial charge on any atom is -0.385 e. The Labute approximate surface area is 122 Å². The van der Waals surface area contributed by atoms with Gasteiger partial charge in [0.05, 0.1) is 11.0 Å². The van der Waals surface area contributed by atoms with Gasteiger partial charge >= 0.3 is 0 Å². The zero-order valence-corrected chi connectivity index (χ0v) is 13.3. The van der Waals surface area contributed by atoms with Crippen LogP contribution in [0.3, 0.4) is 0 Å². The summed E-state index contributed by atoms with van der Waals surface area (Å²) in [7, 11) is -1.63. The molecule has 0 saturated carbocycles. The molecule has 114 valence electrons. The lowest BCUT2D eigenvalue weighted by Gasteiger charge is -2.21. The van der Waals surface area contributed by atoms with Gasteiger partial charge in [-0.25, -0.2) is 8.42 Å². The number of ether oxygens (including phenoxy) is 1. The van der Waals surface area contributed by atoms with E-state index in [1.807, 2.05) is 24.3 Å². The molecular weight excluding hydrogens is 274 g/mol. The van der Waals surface area contributed by atoms with Gasteiger partial charge in [-0.3, -0.25) is 0 Å². The number of rotatable bonds is 8. The van der Waals surface area contributed by atoms with E-state index in [4.69, 9.17) is 10.5 Å². The van der Waals surface area contributed by atoms with E-state index in [1.54, 1.807) is 14.0 Å². The van der Waals surface area contributed by atoms with Crippen LogP contribution < -0.4 is 5.73 Å². The molecule has 1 aromatic carbocycles. The highest BCUT2D eigenvalue weighted by Crippen LogP contribution is 2.21. The van der Waals surface area contributed by atoms with Crippen molar-refractivity contribution < 1.29 is 13.2 Å². The zero-order chi connectivity index (χ0) is 15.2. The van der Waals surface area contributed by atoms with Crippen molar-refractivity contribution in [1.29, 1.82) is 0 Å². The summed E-state index contributed by atoms with van der Waals surface area (Å²) in [5.41, 5.74) is 8.19. The highest BCUT2D eigenvalue weighted by atomic mass is 32.2. The monoisotopic (exact) mass is 299 g/mol. The zero-order valence-electron chi connectivity index (χ0n) is 12.5. The Bertz CT molecular complexity index is 496. The lowest BCUT2D eigenvalue weighted by molar-refractivity contribution is 0.199. The second-order valence-corrected chi connectivity index (χ2v) is 7.52. The van der Waals surface area contributed by atoms with Crippen molar-refractivity contribution in [3.05, 3.63) is 35.4 Å². The van der Waals surface area contributed by atoms with Crippen LogP contribution in [0.4, 0.5) is 0 Å². The van der Waals surface area contributed by atoms with Crippen molar-refractivity contribution in [2.24, 2.45) is 5.73 Å². The second-order valence-electron chi connectivity index (χ2n) is 5.04. The van der Waals surface area contributed by atoms with Crippen LogP contribution in [0.5, 0.6) is 0 Å². The van der Waals surface area contributed by atoms with Crippen molar-refractivity contribution >= 4 is 9.84 Å². The highest BCUT2D eigenvalue weighted by molar-refractivity contribution is 7.92. The molecule has 0 saturated heterocycles. The quantitative estimate of drug-likeness (QED) is 0.746. The van der Waals surface area contributed by atoms with E-state index in [2.05, 4.69) is 6.92 Å². The van der Waals surface area contributed by atoms with E-state index >= 15 is 0 Å². The molecule has 2 unspecified atom stereocenters. The summed E-state index contributed by atoms with van der Waals surface area (Å²) in [5, 5.41) is -0.591. The fourth-order valence-electron chi connectivity index (χ4n) is 2.06. The molecule has 0 heterocycles. The van der Waals surface area contributed by atoms with Gasteiger partial charge in [0.25, 0.3) is 0 Å². The van der Waals surface area contributed by atoms with E-state index in [1.165, 1.54) is 5.56 Å². The van der Waals surface area contributed by atoms with Crippen LogP contribution in [-0.2, 0) is 21.0 Å². The predicted octanol–water partition coefficient (Wildman–Crippen LogP) is 2.09. The first-order valence-electron chi connectivity index (χ1n) is 6.97. The number of nitrogens with two attached hydrogens (primary N) is 1. The van der Waals surface area contributed by atoms with Crippen molar-refractivity contribution in [2.45, 2.75) is 38.0 Å². The topological polar surface area (TPSA) is 69.4 Å². The summed E-state index contributed by atoms with van der Waals surface area (Å²) in [4.78, 5) is 0. The molecule has 0 aliphatic carbocycles. The molecule has 0 aliphatic heterocycles. The minimum absolute atomic E-state index is 0.114. The molecule has 2 N–H and O–H groups in total. The maximum Gasteiger partial charge on any atom is 0.154 e. The Balaban J connectivity index is 2.76. The predicted molar refractivity (Wildman–Crippen MR) is 82.5 cm³/mol. The van der Waals surface area contributed by atoms with Gasteiger partial charge in [-0.2, -0.15) is 0 Å². The van der Waals surface area contributed by atoms with Crippen molar-refractivity contribution in [3.8, 4) is 0 Å². The maximum atomic E-state index is 12.2. The van der Waals surface area contributed by atoms with E-state index in [0.717, 1.165) is 12.0 Å². The normalized spacial score (nSPS) is 15.0. The van der Waals surface area contributed by atoms with Crippen LogP contribution in [0.15, 0.2) is 24.3 Å². The van der Waals surface area contributed by atoms with Gasteiger partial charge < -0.3 is 10.5 Å². The fourth-order valence-corrected chi connectivity index (χ4v) is 3.56. The molecule has 0 bridgehead atoms. The lowest BCUT2D eigenvalue weighted by atomic mass is 10.0. The molecule has 1 aromatic rings. The molecular formula is C15H25NO3S. The Morgan fingerprint density at radius 3 is 2.35 bits per heavy atom. The number of benzene rings is 1. The number of sulfone groups is 1. The van der Waals surface area contributed by atoms with Gasteiger partial charge in [0, 0.05) is 19.8 Å². The van der Waals surface area contributed by atoms with Crippen molar-refractivity contribution in [2.75, 3.05) is 19.5 Å². The molecule has 20 heavy (non-hydrogen) atoms. The van der Waals surface area contributed by atoms with E-state index in [9.17, 15) is 8.42 Å². The third kappa shape index (κ3) is 4.58. The van der Waals surface area contributed by atoms with Gasteiger partial charge in [0.15, 0.2) is 9.84 Å². The Morgan fingerprint density at radius 2 is 1.85 bits per heavy atom.